The van der Waals surface area contributed by atoms with Crippen LogP contribution in [0.2, 0.25) is 0 Å². The van der Waals surface area contributed by atoms with E-state index in [1.165, 1.54) is 4.90 Å². The van der Waals surface area contributed by atoms with Crippen LogP contribution in [0.15, 0.2) is 22.9 Å². The van der Waals surface area contributed by atoms with Gasteiger partial charge in [-0.1, -0.05) is 6.07 Å². The van der Waals surface area contributed by atoms with Crippen LogP contribution in [0.25, 0.3) is 0 Å². The number of aromatic nitrogens is 1. The Morgan fingerprint density at radius 2 is 2.10 bits per heavy atom. The molecule has 2 unspecified atom stereocenters. The molecular formula is C14H17BrN2O4. The maximum atomic E-state index is 12.0. The molecule has 0 bridgehead atoms. The molecule has 7 heteroatoms. The van der Waals surface area contributed by atoms with Crippen molar-refractivity contribution in [3.05, 3.63) is 28.5 Å². The molecule has 6 nitrogen and oxygen atoms in total. The number of rotatable bonds is 2. The Hall–Kier alpha value is -1.63. The largest absolute Gasteiger partial charge is 0.480 e. The highest BCUT2D eigenvalue weighted by Crippen LogP contribution is 2.35. The first-order valence-electron chi connectivity index (χ1n) is 6.53. The van der Waals surface area contributed by atoms with Crippen molar-refractivity contribution >= 4 is 28.0 Å². The van der Waals surface area contributed by atoms with E-state index in [-0.39, 0.29) is 5.92 Å². The molecule has 114 valence electrons. The van der Waals surface area contributed by atoms with Gasteiger partial charge < -0.3 is 9.84 Å². The summed E-state index contributed by atoms with van der Waals surface area (Å²) < 4.78 is 5.91. The Balaban J connectivity index is 2.13. The van der Waals surface area contributed by atoms with E-state index in [4.69, 9.17) is 4.74 Å². The molecule has 2 atom stereocenters. The third-order valence-corrected chi connectivity index (χ3v) is 3.64. The molecular weight excluding hydrogens is 340 g/mol. The first-order chi connectivity index (χ1) is 9.69. The van der Waals surface area contributed by atoms with Gasteiger partial charge in [0, 0.05) is 18.7 Å². The molecule has 1 N–H and O–H groups in total. The van der Waals surface area contributed by atoms with E-state index in [2.05, 4.69) is 20.9 Å². The van der Waals surface area contributed by atoms with Gasteiger partial charge in [0.2, 0.25) is 0 Å². The summed E-state index contributed by atoms with van der Waals surface area (Å²) in [5, 5.41) is 9.36. The summed E-state index contributed by atoms with van der Waals surface area (Å²) in [4.78, 5) is 28.8. The topological polar surface area (TPSA) is 79.7 Å². The second-order valence-electron chi connectivity index (χ2n) is 5.94. The van der Waals surface area contributed by atoms with Crippen molar-refractivity contribution in [1.29, 1.82) is 0 Å². The van der Waals surface area contributed by atoms with E-state index in [1.807, 2.05) is 6.07 Å². The SMILES string of the molecule is CC(C)(C)OC(=O)N1CC(c2ccc(Br)nc2)C1C(=O)O. The van der Waals surface area contributed by atoms with Crippen LogP contribution >= 0.6 is 15.9 Å². The molecule has 1 aliphatic rings. The lowest BCUT2D eigenvalue weighted by molar-refractivity contribution is -0.149. The van der Waals surface area contributed by atoms with Crippen LogP contribution in [-0.2, 0) is 9.53 Å². The summed E-state index contributed by atoms with van der Waals surface area (Å²) in [7, 11) is 0. The molecule has 0 spiro atoms. The summed E-state index contributed by atoms with van der Waals surface area (Å²) >= 11 is 3.23. The normalized spacial score (nSPS) is 21.6. The van der Waals surface area contributed by atoms with Gasteiger partial charge >= 0.3 is 12.1 Å². The predicted octanol–water partition coefficient (Wildman–Crippen LogP) is 2.63. The van der Waals surface area contributed by atoms with E-state index in [9.17, 15) is 14.7 Å². The molecule has 1 amide bonds. The van der Waals surface area contributed by atoms with Crippen molar-refractivity contribution in [2.45, 2.75) is 38.3 Å². The molecule has 0 saturated carbocycles. The van der Waals surface area contributed by atoms with Crippen LogP contribution in [0.3, 0.4) is 0 Å². The summed E-state index contributed by atoms with van der Waals surface area (Å²) in [6, 6.07) is 2.65. The summed E-state index contributed by atoms with van der Waals surface area (Å²) in [6.07, 6.45) is 1.02. The molecule has 0 aromatic carbocycles. The van der Waals surface area contributed by atoms with Crippen LogP contribution in [-0.4, -0.2) is 45.2 Å². The lowest BCUT2D eigenvalue weighted by atomic mass is 9.83. The van der Waals surface area contributed by atoms with Gasteiger partial charge in [-0.25, -0.2) is 14.6 Å². The second-order valence-corrected chi connectivity index (χ2v) is 6.75. The first kappa shape index (κ1) is 15.8. The summed E-state index contributed by atoms with van der Waals surface area (Å²) in [5.74, 6) is -1.31. The second kappa shape index (κ2) is 5.63. The van der Waals surface area contributed by atoms with Gasteiger partial charge in [-0.05, 0) is 48.3 Å². The fraction of sp³-hybridized carbons (Fsp3) is 0.500. The zero-order chi connectivity index (χ0) is 15.8. The number of nitrogens with zero attached hydrogens (tertiary/aromatic N) is 2. The Labute approximate surface area is 131 Å². The minimum absolute atomic E-state index is 0.268. The first-order valence-corrected chi connectivity index (χ1v) is 7.32. The molecule has 1 fully saturated rings. The van der Waals surface area contributed by atoms with Crippen LogP contribution in [0, 0.1) is 0 Å². The van der Waals surface area contributed by atoms with E-state index in [0.717, 1.165) is 5.56 Å². The zero-order valence-corrected chi connectivity index (χ0v) is 13.6. The number of ether oxygens (including phenoxy) is 1. The van der Waals surface area contributed by atoms with Gasteiger partial charge in [0.15, 0.2) is 0 Å². The highest BCUT2D eigenvalue weighted by molar-refractivity contribution is 9.10. The quantitative estimate of drug-likeness (QED) is 0.823. The number of pyridine rings is 1. The number of carbonyl (C=O) groups is 2. The fourth-order valence-electron chi connectivity index (χ4n) is 2.21. The Kier molecular flexibility index (Phi) is 4.22. The van der Waals surface area contributed by atoms with Crippen molar-refractivity contribution in [3.8, 4) is 0 Å². The Bertz CT molecular complexity index is 553. The number of likely N-dealkylation sites (tertiary alicyclic amines) is 1. The highest BCUT2D eigenvalue weighted by atomic mass is 79.9. The van der Waals surface area contributed by atoms with Crippen molar-refractivity contribution in [2.24, 2.45) is 0 Å². The number of carboxylic acid groups (broad SMARTS) is 1. The minimum Gasteiger partial charge on any atom is -0.480 e. The van der Waals surface area contributed by atoms with E-state index in [1.54, 1.807) is 33.0 Å². The summed E-state index contributed by atoms with van der Waals surface area (Å²) in [6.45, 7) is 5.55. The average molecular weight is 357 g/mol. The Morgan fingerprint density at radius 1 is 1.43 bits per heavy atom. The summed E-state index contributed by atoms with van der Waals surface area (Å²) in [5.41, 5.74) is 0.148. The van der Waals surface area contributed by atoms with Gasteiger partial charge in [0.25, 0.3) is 0 Å². The van der Waals surface area contributed by atoms with Crippen molar-refractivity contribution in [3.63, 3.8) is 0 Å². The molecule has 1 aromatic heterocycles. The predicted molar refractivity (Wildman–Crippen MR) is 79.0 cm³/mol. The molecule has 0 aliphatic carbocycles. The fourth-order valence-corrected chi connectivity index (χ4v) is 2.45. The zero-order valence-electron chi connectivity index (χ0n) is 12.0. The molecule has 2 rings (SSSR count). The number of halogens is 1. The number of amides is 1. The lowest BCUT2D eigenvalue weighted by Gasteiger charge is -2.45. The van der Waals surface area contributed by atoms with Crippen LogP contribution in [0.5, 0.6) is 0 Å². The van der Waals surface area contributed by atoms with Gasteiger partial charge in [0.1, 0.15) is 16.2 Å². The van der Waals surface area contributed by atoms with Crippen molar-refractivity contribution in [2.75, 3.05) is 6.54 Å². The molecule has 1 saturated heterocycles. The molecule has 2 heterocycles. The Morgan fingerprint density at radius 3 is 2.57 bits per heavy atom. The maximum absolute atomic E-state index is 12.0. The average Bonchev–Trinajstić information content (AvgIpc) is 2.27. The van der Waals surface area contributed by atoms with Crippen molar-refractivity contribution in [1.82, 2.24) is 9.88 Å². The molecule has 0 radical (unpaired) electrons. The number of hydrogen-bond acceptors (Lipinski definition) is 4. The highest BCUT2D eigenvalue weighted by Gasteiger charge is 2.49. The number of aliphatic carboxylic acids is 1. The minimum atomic E-state index is -1.04. The van der Waals surface area contributed by atoms with Gasteiger partial charge in [0.05, 0.1) is 0 Å². The van der Waals surface area contributed by atoms with E-state index >= 15 is 0 Å². The smallest absolute Gasteiger partial charge is 0.411 e. The monoisotopic (exact) mass is 356 g/mol. The molecule has 1 aromatic rings. The van der Waals surface area contributed by atoms with Crippen LogP contribution in [0.1, 0.15) is 32.3 Å². The van der Waals surface area contributed by atoms with Gasteiger partial charge in [-0.15, -0.1) is 0 Å². The third-order valence-electron chi connectivity index (χ3n) is 3.17. The van der Waals surface area contributed by atoms with Crippen LogP contribution < -0.4 is 0 Å². The molecule has 1 aliphatic heterocycles. The van der Waals surface area contributed by atoms with E-state index in [0.29, 0.717) is 11.1 Å². The molecule has 21 heavy (non-hydrogen) atoms. The van der Waals surface area contributed by atoms with E-state index < -0.39 is 23.7 Å². The maximum Gasteiger partial charge on any atom is 0.411 e. The number of carboxylic acids is 1. The number of carbonyl (C=O) groups excluding carboxylic acids is 1. The van der Waals surface area contributed by atoms with Gasteiger partial charge in [-0.2, -0.15) is 0 Å². The third kappa shape index (κ3) is 3.53. The number of hydrogen-bond donors (Lipinski definition) is 1. The standard InChI is InChI=1S/C14H17BrN2O4/c1-14(2,3)21-13(20)17-7-9(11(17)12(18)19)8-4-5-10(15)16-6-8/h4-6,9,11H,7H2,1-3H3,(H,18,19). The van der Waals surface area contributed by atoms with Gasteiger partial charge in [-0.3, -0.25) is 4.90 Å². The van der Waals surface area contributed by atoms with Crippen molar-refractivity contribution < 1.29 is 19.4 Å². The van der Waals surface area contributed by atoms with Crippen LogP contribution in [0.4, 0.5) is 4.79 Å². The lowest BCUT2D eigenvalue weighted by Crippen LogP contribution is -2.61.